The van der Waals surface area contributed by atoms with Crippen molar-refractivity contribution in [2.24, 2.45) is 0 Å². The van der Waals surface area contributed by atoms with Crippen LogP contribution in [0, 0.1) is 0 Å². The molecule has 1 aliphatic heterocycles. The second kappa shape index (κ2) is 7.72. The number of carbonyl (C=O) groups excluding carboxylic acids is 1. The molecule has 1 N–H and O–H groups in total. The van der Waals surface area contributed by atoms with Crippen LogP contribution in [0.25, 0.3) is 6.08 Å². The Hall–Kier alpha value is -1.18. The number of carbonyl (C=O) groups is 2. The summed E-state index contributed by atoms with van der Waals surface area (Å²) < 4.78 is 1.04. The van der Waals surface area contributed by atoms with Gasteiger partial charge in [-0.2, -0.15) is 0 Å². The van der Waals surface area contributed by atoms with E-state index in [1.165, 1.54) is 0 Å². The molecule has 0 spiro atoms. The van der Waals surface area contributed by atoms with Gasteiger partial charge in [0.05, 0.1) is 10.3 Å². The SMILES string of the molecule is O=C(O)CN1CCCN(C(=O)C=Cc2ccc(Br)s2)CC1. The smallest absolute Gasteiger partial charge is 0.317 e. The second-order valence-electron chi connectivity index (χ2n) is 4.82. The molecule has 1 amide bonds. The minimum Gasteiger partial charge on any atom is -0.480 e. The maximum absolute atomic E-state index is 12.2. The largest absolute Gasteiger partial charge is 0.480 e. The molecule has 0 unspecified atom stereocenters. The fourth-order valence-corrected chi connectivity index (χ4v) is 3.54. The predicted molar refractivity (Wildman–Crippen MR) is 86.3 cm³/mol. The van der Waals surface area contributed by atoms with Gasteiger partial charge in [0.15, 0.2) is 0 Å². The summed E-state index contributed by atoms with van der Waals surface area (Å²) in [7, 11) is 0. The molecule has 2 rings (SSSR count). The van der Waals surface area contributed by atoms with Gasteiger partial charge in [-0.3, -0.25) is 14.5 Å². The Kier molecular flexibility index (Phi) is 5.96. The van der Waals surface area contributed by atoms with Crippen LogP contribution in [0.5, 0.6) is 0 Å². The number of rotatable bonds is 4. The maximum atomic E-state index is 12.2. The molecule has 7 heteroatoms. The van der Waals surface area contributed by atoms with Crippen LogP contribution in [-0.2, 0) is 9.59 Å². The topological polar surface area (TPSA) is 60.9 Å². The standard InChI is InChI=1S/C14H17BrN2O3S/c15-12-4-2-11(21-12)3-5-13(18)17-7-1-6-16(8-9-17)10-14(19)20/h2-5H,1,6-10H2,(H,19,20). The molecule has 0 aromatic carbocycles. The average molecular weight is 373 g/mol. The minimum atomic E-state index is -0.821. The number of aliphatic carboxylic acids is 1. The average Bonchev–Trinajstić information content (AvgIpc) is 2.70. The van der Waals surface area contributed by atoms with Gasteiger partial charge in [0.1, 0.15) is 0 Å². The van der Waals surface area contributed by atoms with Crippen molar-refractivity contribution in [1.29, 1.82) is 0 Å². The highest BCUT2D eigenvalue weighted by atomic mass is 79.9. The molecule has 1 saturated heterocycles. The van der Waals surface area contributed by atoms with E-state index in [0.717, 1.165) is 21.6 Å². The van der Waals surface area contributed by atoms with E-state index in [1.54, 1.807) is 22.3 Å². The molecular formula is C14H17BrN2O3S. The molecule has 1 fully saturated rings. The lowest BCUT2D eigenvalue weighted by atomic mass is 10.3. The van der Waals surface area contributed by atoms with Gasteiger partial charge in [-0.1, -0.05) is 0 Å². The fourth-order valence-electron chi connectivity index (χ4n) is 2.22. The van der Waals surface area contributed by atoms with Gasteiger partial charge in [-0.15, -0.1) is 11.3 Å². The number of carboxylic acids is 1. The molecule has 1 aromatic rings. The first kappa shape index (κ1) is 16.2. The predicted octanol–water partition coefficient (Wildman–Crippen LogP) is 2.14. The lowest BCUT2D eigenvalue weighted by molar-refractivity contribution is -0.138. The van der Waals surface area contributed by atoms with E-state index in [-0.39, 0.29) is 12.5 Å². The van der Waals surface area contributed by atoms with E-state index >= 15 is 0 Å². The highest BCUT2D eigenvalue weighted by Crippen LogP contribution is 2.23. The first-order valence-electron chi connectivity index (χ1n) is 6.71. The third-order valence-corrected chi connectivity index (χ3v) is 4.83. The Morgan fingerprint density at radius 1 is 1.29 bits per heavy atom. The van der Waals surface area contributed by atoms with Crippen LogP contribution in [0.2, 0.25) is 0 Å². The van der Waals surface area contributed by atoms with E-state index in [0.29, 0.717) is 19.6 Å². The summed E-state index contributed by atoms with van der Waals surface area (Å²) >= 11 is 4.96. The van der Waals surface area contributed by atoms with Gasteiger partial charge in [-0.25, -0.2) is 0 Å². The molecule has 5 nitrogen and oxygen atoms in total. The third kappa shape index (κ3) is 5.26. The Morgan fingerprint density at radius 2 is 2.10 bits per heavy atom. The summed E-state index contributed by atoms with van der Waals surface area (Å²) in [6.45, 7) is 2.62. The van der Waals surface area contributed by atoms with Crippen LogP contribution in [-0.4, -0.2) is 59.5 Å². The molecule has 114 valence electrons. The molecule has 2 heterocycles. The van der Waals surface area contributed by atoms with E-state index in [4.69, 9.17) is 5.11 Å². The van der Waals surface area contributed by atoms with Crippen LogP contribution in [0.15, 0.2) is 22.0 Å². The van der Waals surface area contributed by atoms with Crippen molar-refractivity contribution in [2.45, 2.75) is 6.42 Å². The van der Waals surface area contributed by atoms with Gasteiger partial charge in [0.25, 0.3) is 0 Å². The lowest BCUT2D eigenvalue weighted by Gasteiger charge is -2.19. The molecular weight excluding hydrogens is 356 g/mol. The van der Waals surface area contributed by atoms with E-state index in [2.05, 4.69) is 15.9 Å². The van der Waals surface area contributed by atoms with Gasteiger partial charge in [0.2, 0.25) is 5.91 Å². The summed E-state index contributed by atoms with van der Waals surface area (Å²) in [5, 5.41) is 8.81. The van der Waals surface area contributed by atoms with Crippen molar-refractivity contribution in [3.63, 3.8) is 0 Å². The van der Waals surface area contributed by atoms with Crippen LogP contribution in [0.3, 0.4) is 0 Å². The molecule has 0 radical (unpaired) electrons. The minimum absolute atomic E-state index is 0.0169. The third-order valence-electron chi connectivity index (χ3n) is 3.24. The Balaban J connectivity index is 1.88. The normalized spacial score (nSPS) is 17.1. The molecule has 0 aliphatic carbocycles. The number of amides is 1. The fraction of sp³-hybridized carbons (Fsp3) is 0.429. The molecule has 1 aliphatic rings. The number of halogens is 1. The zero-order valence-electron chi connectivity index (χ0n) is 11.5. The summed E-state index contributed by atoms with van der Waals surface area (Å²) in [4.78, 5) is 27.6. The summed E-state index contributed by atoms with van der Waals surface area (Å²) in [6.07, 6.45) is 4.21. The van der Waals surface area contributed by atoms with Crippen molar-refractivity contribution in [3.05, 3.63) is 26.9 Å². The molecule has 21 heavy (non-hydrogen) atoms. The Labute approximate surface area is 136 Å². The van der Waals surface area contributed by atoms with Crippen molar-refractivity contribution in [1.82, 2.24) is 9.80 Å². The zero-order valence-corrected chi connectivity index (χ0v) is 13.9. The molecule has 1 aromatic heterocycles. The quantitative estimate of drug-likeness (QED) is 0.822. The second-order valence-corrected chi connectivity index (χ2v) is 7.32. The molecule has 0 saturated carbocycles. The Bertz CT molecular complexity index is 544. The number of hydrogen-bond donors (Lipinski definition) is 1. The van der Waals surface area contributed by atoms with Gasteiger partial charge < -0.3 is 10.0 Å². The molecule has 0 atom stereocenters. The van der Waals surface area contributed by atoms with Gasteiger partial charge in [0, 0.05) is 37.1 Å². The number of hydrogen-bond acceptors (Lipinski definition) is 4. The zero-order chi connectivity index (χ0) is 15.2. The van der Waals surface area contributed by atoms with E-state index < -0.39 is 5.97 Å². The lowest BCUT2D eigenvalue weighted by Crippen LogP contribution is -2.36. The first-order chi connectivity index (χ1) is 10.0. The number of nitrogens with zero attached hydrogens (tertiary/aromatic N) is 2. The van der Waals surface area contributed by atoms with Crippen LogP contribution in [0.1, 0.15) is 11.3 Å². The van der Waals surface area contributed by atoms with Crippen LogP contribution >= 0.6 is 27.3 Å². The highest BCUT2D eigenvalue weighted by Gasteiger charge is 2.18. The van der Waals surface area contributed by atoms with Gasteiger partial charge in [-0.05, 0) is 40.6 Å². The van der Waals surface area contributed by atoms with Crippen molar-refractivity contribution < 1.29 is 14.7 Å². The van der Waals surface area contributed by atoms with E-state index in [9.17, 15) is 9.59 Å². The number of thiophene rings is 1. The summed E-state index contributed by atoms with van der Waals surface area (Å²) in [6, 6.07) is 3.90. The monoisotopic (exact) mass is 372 g/mol. The summed E-state index contributed by atoms with van der Waals surface area (Å²) in [5.41, 5.74) is 0. The summed E-state index contributed by atoms with van der Waals surface area (Å²) in [5.74, 6) is -0.838. The highest BCUT2D eigenvalue weighted by molar-refractivity contribution is 9.11. The first-order valence-corrected chi connectivity index (χ1v) is 8.32. The van der Waals surface area contributed by atoms with Crippen molar-refractivity contribution in [2.75, 3.05) is 32.7 Å². The van der Waals surface area contributed by atoms with Crippen molar-refractivity contribution >= 4 is 45.2 Å². The van der Waals surface area contributed by atoms with Crippen LogP contribution in [0.4, 0.5) is 0 Å². The van der Waals surface area contributed by atoms with Crippen LogP contribution < -0.4 is 0 Å². The van der Waals surface area contributed by atoms with Crippen molar-refractivity contribution in [3.8, 4) is 0 Å². The van der Waals surface area contributed by atoms with E-state index in [1.807, 2.05) is 23.1 Å². The Morgan fingerprint density at radius 3 is 2.76 bits per heavy atom. The maximum Gasteiger partial charge on any atom is 0.317 e. The van der Waals surface area contributed by atoms with Gasteiger partial charge >= 0.3 is 5.97 Å². The number of carboxylic acid groups (broad SMARTS) is 1. The molecule has 0 bridgehead atoms.